The molecule has 0 saturated heterocycles. The van der Waals surface area contributed by atoms with Gasteiger partial charge in [0.05, 0.1) is 0 Å². The predicted molar refractivity (Wildman–Crippen MR) is 78.3 cm³/mol. The van der Waals surface area contributed by atoms with E-state index >= 15 is 0 Å². The van der Waals surface area contributed by atoms with Crippen LogP contribution >= 0.6 is 0 Å². The molecule has 1 atom stereocenters. The lowest BCUT2D eigenvalue weighted by Crippen LogP contribution is -2.30. The van der Waals surface area contributed by atoms with E-state index in [0.29, 0.717) is 6.04 Å². The van der Waals surface area contributed by atoms with Crippen molar-refractivity contribution >= 4 is 11.6 Å². The lowest BCUT2D eigenvalue weighted by molar-refractivity contribution is 0.609. The Morgan fingerprint density at radius 1 is 1.28 bits per heavy atom. The Balaban J connectivity index is 2.88. The van der Waals surface area contributed by atoms with Gasteiger partial charge in [-0.2, -0.15) is 0 Å². The maximum atomic E-state index is 4.43. The lowest BCUT2D eigenvalue weighted by atomic mass is 10.1. The normalized spacial score (nSPS) is 12.3. The molecule has 1 aromatic heterocycles. The van der Waals surface area contributed by atoms with E-state index in [1.807, 2.05) is 0 Å². The number of hydrogen-bond donors (Lipinski definition) is 1. The molecule has 1 N–H and O–H groups in total. The van der Waals surface area contributed by atoms with Crippen LogP contribution in [0.1, 0.15) is 45.6 Å². The highest BCUT2D eigenvalue weighted by atomic mass is 15.2. The zero-order valence-electron chi connectivity index (χ0n) is 12.3. The molecule has 0 spiro atoms. The van der Waals surface area contributed by atoms with Crippen LogP contribution in [-0.4, -0.2) is 29.6 Å². The fourth-order valence-corrected chi connectivity index (χ4v) is 2.04. The van der Waals surface area contributed by atoms with E-state index < -0.39 is 0 Å². The van der Waals surface area contributed by atoms with Crippen LogP contribution in [0.2, 0.25) is 0 Å². The standard InChI is InChI=1S/C14H26N4/c1-6-8-11(3)18(5)14-12(4)13(15-9-7-2)16-10-17-14/h10-11H,6-9H2,1-5H3,(H,15,16,17). The maximum absolute atomic E-state index is 4.43. The van der Waals surface area contributed by atoms with Crippen molar-refractivity contribution < 1.29 is 0 Å². The third kappa shape index (κ3) is 3.59. The van der Waals surface area contributed by atoms with Crippen LogP contribution in [0.15, 0.2) is 6.33 Å². The van der Waals surface area contributed by atoms with E-state index in [-0.39, 0.29) is 0 Å². The molecule has 1 aromatic rings. The Morgan fingerprint density at radius 2 is 2.00 bits per heavy atom. The van der Waals surface area contributed by atoms with E-state index in [1.165, 1.54) is 12.8 Å². The minimum Gasteiger partial charge on any atom is -0.370 e. The van der Waals surface area contributed by atoms with Crippen molar-refractivity contribution in [3.8, 4) is 0 Å². The lowest BCUT2D eigenvalue weighted by Gasteiger charge is -2.27. The molecule has 4 heteroatoms. The highest BCUT2D eigenvalue weighted by Gasteiger charge is 2.15. The smallest absolute Gasteiger partial charge is 0.137 e. The van der Waals surface area contributed by atoms with Crippen LogP contribution < -0.4 is 10.2 Å². The molecule has 0 bridgehead atoms. The average Bonchev–Trinajstić information content (AvgIpc) is 2.37. The molecule has 0 aliphatic heterocycles. The first kappa shape index (κ1) is 14.7. The number of nitrogens with one attached hydrogen (secondary N) is 1. The monoisotopic (exact) mass is 250 g/mol. The van der Waals surface area contributed by atoms with E-state index in [4.69, 9.17) is 0 Å². The number of hydrogen-bond acceptors (Lipinski definition) is 4. The van der Waals surface area contributed by atoms with Crippen LogP contribution in [0.5, 0.6) is 0 Å². The van der Waals surface area contributed by atoms with Crippen molar-refractivity contribution in [2.45, 2.75) is 53.0 Å². The van der Waals surface area contributed by atoms with Crippen molar-refractivity contribution in [2.75, 3.05) is 23.8 Å². The van der Waals surface area contributed by atoms with Crippen LogP contribution in [0, 0.1) is 6.92 Å². The highest BCUT2D eigenvalue weighted by Crippen LogP contribution is 2.23. The van der Waals surface area contributed by atoms with Crippen molar-refractivity contribution in [3.63, 3.8) is 0 Å². The topological polar surface area (TPSA) is 41.1 Å². The molecule has 0 radical (unpaired) electrons. The molecule has 0 amide bonds. The Morgan fingerprint density at radius 3 is 2.61 bits per heavy atom. The van der Waals surface area contributed by atoms with Crippen molar-refractivity contribution in [3.05, 3.63) is 11.9 Å². The van der Waals surface area contributed by atoms with Gasteiger partial charge in [0.25, 0.3) is 0 Å². The summed E-state index contributed by atoms with van der Waals surface area (Å²) in [7, 11) is 2.11. The minimum atomic E-state index is 0.502. The second kappa shape index (κ2) is 7.19. The second-order valence-electron chi connectivity index (χ2n) is 4.85. The molecule has 0 fully saturated rings. The van der Waals surface area contributed by atoms with E-state index in [1.54, 1.807) is 6.33 Å². The van der Waals surface area contributed by atoms with Gasteiger partial charge in [0.1, 0.15) is 18.0 Å². The summed E-state index contributed by atoms with van der Waals surface area (Å²) in [4.78, 5) is 11.0. The summed E-state index contributed by atoms with van der Waals surface area (Å²) >= 11 is 0. The third-order valence-corrected chi connectivity index (χ3v) is 3.30. The summed E-state index contributed by atoms with van der Waals surface area (Å²) in [5.74, 6) is 1.99. The largest absolute Gasteiger partial charge is 0.370 e. The molecule has 1 unspecified atom stereocenters. The Labute approximate surface area is 111 Å². The zero-order chi connectivity index (χ0) is 13.5. The van der Waals surface area contributed by atoms with Gasteiger partial charge in [0, 0.05) is 25.2 Å². The number of nitrogens with zero attached hydrogens (tertiary/aromatic N) is 3. The van der Waals surface area contributed by atoms with Crippen LogP contribution in [0.4, 0.5) is 11.6 Å². The van der Waals surface area contributed by atoms with Crippen LogP contribution in [0.3, 0.4) is 0 Å². The molecule has 18 heavy (non-hydrogen) atoms. The summed E-state index contributed by atoms with van der Waals surface area (Å²) in [6.07, 6.45) is 5.12. The Kier molecular flexibility index (Phi) is 5.89. The molecule has 0 aliphatic rings. The summed E-state index contributed by atoms with van der Waals surface area (Å²) in [5.41, 5.74) is 1.14. The number of aromatic nitrogens is 2. The molecule has 0 saturated carbocycles. The van der Waals surface area contributed by atoms with Gasteiger partial charge in [-0.25, -0.2) is 9.97 Å². The summed E-state index contributed by atoms with van der Waals surface area (Å²) < 4.78 is 0. The van der Waals surface area contributed by atoms with E-state index in [2.05, 4.69) is 54.9 Å². The van der Waals surface area contributed by atoms with Crippen molar-refractivity contribution in [2.24, 2.45) is 0 Å². The molecule has 0 aromatic carbocycles. The highest BCUT2D eigenvalue weighted by molar-refractivity contribution is 5.57. The quantitative estimate of drug-likeness (QED) is 0.806. The van der Waals surface area contributed by atoms with Crippen molar-refractivity contribution in [1.29, 1.82) is 0 Å². The van der Waals surface area contributed by atoms with Gasteiger partial charge in [-0.3, -0.25) is 0 Å². The molecule has 102 valence electrons. The van der Waals surface area contributed by atoms with E-state index in [9.17, 15) is 0 Å². The maximum Gasteiger partial charge on any atom is 0.137 e. The number of anilines is 2. The molecule has 1 heterocycles. The third-order valence-electron chi connectivity index (χ3n) is 3.30. The van der Waals surface area contributed by atoms with Gasteiger partial charge in [-0.1, -0.05) is 20.3 Å². The molecule has 4 nitrogen and oxygen atoms in total. The van der Waals surface area contributed by atoms with Crippen LogP contribution in [0.25, 0.3) is 0 Å². The SMILES string of the molecule is CCCNc1ncnc(N(C)C(C)CCC)c1C. The van der Waals surface area contributed by atoms with E-state index in [0.717, 1.165) is 30.2 Å². The fraction of sp³-hybridized carbons (Fsp3) is 0.714. The summed E-state index contributed by atoms with van der Waals surface area (Å²) in [5, 5.41) is 3.35. The first-order valence-electron chi connectivity index (χ1n) is 6.90. The van der Waals surface area contributed by atoms with Gasteiger partial charge >= 0.3 is 0 Å². The van der Waals surface area contributed by atoms with Crippen LogP contribution in [-0.2, 0) is 0 Å². The van der Waals surface area contributed by atoms with Gasteiger partial charge in [0.15, 0.2) is 0 Å². The van der Waals surface area contributed by atoms with Gasteiger partial charge in [0.2, 0.25) is 0 Å². The van der Waals surface area contributed by atoms with Gasteiger partial charge < -0.3 is 10.2 Å². The molecular weight excluding hydrogens is 224 g/mol. The fourth-order valence-electron chi connectivity index (χ4n) is 2.04. The summed E-state index contributed by atoms with van der Waals surface area (Å²) in [6.45, 7) is 9.64. The Bertz CT molecular complexity index is 365. The van der Waals surface area contributed by atoms with Gasteiger partial charge in [-0.15, -0.1) is 0 Å². The first-order valence-corrected chi connectivity index (χ1v) is 6.90. The predicted octanol–water partition coefficient (Wildman–Crippen LogP) is 3.23. The van der Waals surface area contributed by atoms with Gasteiger partial charge in [-0.05, 0) is 26.7 Å². The number of rotatable bonds is 7. The minimum absolute atomic E-state index is 0.502. The molecule has 1 rings (SSSR count). The van der Waals surface area contributed by atoms with Crippen molar-refractivity contribution in [1.82, 2.24) is 9.97 Å². The zero-order valence-corrected chi connectivity index (χ0v) is 12.3. The first-order chi connectivity index (χ1) is 8.61. The average molecular weight is 250 g/mol. The summed E-state index contributed by atoms with van der Waals surface area (Å²) in [6, 6.07) is 0.502. The molecular formula is C14H26N4. The molecule has 0 aliphatic carbocycles. The second-order valence-corrected chi connectivity index (χ2v) is 4.85. The Hall–Kier alpha value is -1.32.